The van der Waals surface area contributed by atoms with Gasteiger partial charge in [0.15, 0.2) is 6.23 Å². The van der Waals surface area contributed by atoms with Crippen LogP contribution in [0.25, 0.3) is 0 Å². The third-order valence-electron chi connectivity index (χ3n) is 6.94. The molecule has 4 nitrogen and oxygen atoms in total. The van der Waals surface area contributed by atoms with Crippen molar-refractivity contribution in [3.63, 3.8) is 0 Å². The minimum absolute atomic E-state index is 0.143. The van der Waals surface area contributed by atoms with E-state index in [1.54, 1.807) is 0 Å². The van der Waals surface area contributed by atoms with Gasteiger partial charge in [-0.25, -0.2) is 0 Å². The van der Waals surface area contributed by atoms with E-state index >= 15 is 0 Å². The fourth-order valence-electron chi connectivity index (χ4n) is 4.98. The molecule has 28 heavy (non-hydrogen) atoms. The summed E-state index contributed by atoms with van der Waals surface area (Å²) in [5, 5.41) is 3.70. The second-order valence-electron chi connectivity index (χ2n) is 9.45. The van der Waals surface area contributed by atoms with Crippen LogP contribution in [0, 0.1) is 0 Å². The van der Waals surface area contributed by atoms with E-state index in [1.807, 2.05) is 0 Å². The van der Waals surface area contributed by atoms with Crippen molar-refractivity contribution < 1.29 is 9.57 Å². The predicted octanol–water partition coefficient (Wildman–Crippen LogP) is 6.00. The largest absolute Gasteiger partial charge is 0.351 e. The van der Waals surface area contributed by atoms with Crippen LogP contribution in [0.5, 0.6) is 0 Å². The molecule has 164 valence electrons. The number of ether oxygens (including phenoxy) is 1. The zero-order chi connectivity index (χ0) is 19.3. The van der Waals surface area contributed by atoms with Crippen LogP contribution in [-0.2, 0) is 9.57 Å². The van der Waals surface area contributed by atoms with E-state index in [4.69, 9.17) is 9.57 Å². The van der Waals surface area contributed by atoms with Crippen molar-refractivity contribution in [2.45, 2.75) is 146 Å². The van der Waals surface area contributed by atoms with Crippen LogP contribution >= 0.6 is 0 Å². The van der Waals surface area contributed by atoms with Gasteiger partial charge in [-0.3, -0.25) is 4.84 Å². The molecule has 2 N–H and O–H groups in total. The summed E-state index contributed by atoms with van der Waals surface area (Å²) in [6, 6.07) is 0.514. The van der Waals surface area contributed by atoms with Crippen molar-refractivity contribution in [3.8, 4) is 0 Å². The van der Waals surface area contributed by atoms with Crippen molar-refractivity contribution in [3.05, 3.63) is 0 Å². The Morgan fingerprint density at radius 3 is 1.61 bits per heavy atom. The van der Waals surface area contributed by atoms with E-state index in [0.29, 0.717) is 18.2 Å². The number of hydrogen-bond acceptors (Lipinski definition) is 4. The number of nitrogens with one attached hydrogen (secondary N) is 2. The molecule has 0 radical (unpaired) electrons. The Labute approximate surface area is 173 Å². The Morgan fingerprint density at radius 2 is 1.00 bits per heavy atom. The molecule has 0 bridgehead atoms. The normalized spacial score (nSPS) is 36.0. The lowest BCUT2D eigenvalue weighted by Crippen LogP contribution is -2.48. The zero-order valence-electron chi connectivity index (χ0n) is 18.3. The van der Waals surface area contributed by atoms with Crippen molar-refractivity contribution in [2.75, 3.05) is 6.54 Å². The Balaban J connectivity index is 1.35. The van der Waals surface area contributed by atoms with E-state index in [9.17, 15) is 0 Å². The number of rotatable bonds is 0. The standard InChI is InChI=1S/C24H46N2O2/c1-2-4-6-8-10-12-14-17-21-22(19-16-20-25-21)28-26-24-23(27-24)18-15-13-11-9-7-5-3-1/h21-26H,1-20H2. The summed E-state index contributed by atoms with van der Waals surface area (Å²) in [6.45, 7) is 1.15. The molecule has 3 rings (SSSR count). The second-order valence-corrected chi connectivity index (χ2v) is 9.45. The summed E-state index contributed by atoms with van der Waals surface area (Å²) in [7, 11) is 0. The number of hydroxylamine groups is 1. The first kappa shape index (κ1) is 22.5. The molecule has 3 saturated heterocycles. The molecule has 0 amide bonds. The highest BCUT2D eigenvalue weighted by atomic mass is 16.7. The van der Waals surface area contributed by atoms with Crippen molar-refractivity contribution in [1.29, 1.82) is 0 Å². The molecule has 3 fully saturated rings. The summed E-state index contributed by atoms with van der Waals surface area (Å²) < 4.78 is 5.78. The molecule has 4 unspecified atom stereocenters. The summed E-state index contributed by atoms with van der Waals surface area (Å²) in [4.78, 5) is 6.09. The SMILES string of the molecule is C1CCCCCCCCC2NCCCC2ONC2OC2CCCCCCCC1. The smallest absolute Gasteiger partial charge is 0.156 e. The maximum absolute atomic E-state index is 6.09. The molecule has 0 spiro atoms. The van der Waals surface area contributed by atoms with Crippen molar-refractivity contribution in [1.82, 2.24) is 10.8 Å². The van der Waals surface area contributed by atoms with Gasteiger partial charge in [-0.1, -0.05) is 96.3 Å². The molecule has 3 aliphatic heterocycles. The number of fused-ring (bicyclic) bond motifs is 2. The van der Waals surface area contributed by atoms with Gasteiger partial charge in [-0.2, -0.15) is 5.48 Å². The van der Waals surface area contributed by atoms with Crippen LogP contribution in [-0.4, -0.2) is 31.0 Å². The second kappa shape index (κ2) is 14.0. The topological polar surface area (TPSA) is 45.8 Å². The first-order chi connectivity index (χ1) is 13.9. The highest BCUT2D eigenvalue weighted by molar-refractivity contribution is 4.84. The molecule has 4 atom stereocenters. The fourth-order valence-corrected chi connectivity index (χ4v) is 4.98. The number of epoxide rings is 1. The zero-order valence-corrected chi connectivity index (χ0v) is 18.3. The fraction of sp³-hybridized carbons (Fsp3) is 1.00. The molecular weight excluding hydrogens is 348 g/mol. The molecule has 0 saturated carbocycles. The maximum Gasteiger partial charge on any atom is 0.156 e. The molecule has 0 aromatic heterocycles. The van der Waals surface area contributed by atoms with Crippen LogP contribution in [0.4, 0.5) is 0 Å². The maximum atomic E-state index is 6.09. The van der Waals surface area contributed by atoms with E-state index in [-0.39, 0.29) is 6.23 Å². The van der Waals surface area contributed by atoms with Gasteiger partial charge in [-0.05, 0) is 32.2 Å². The number of piperidine rings is 1. The number of hydrogen-bond donors (Lipinski definition) is 2. The molecule has 0 aromatic rings. The highest BCUT2D eigenvalue weighted by Crippen LogP contribution is 2.27. The van der Waals surface area contributed by atoms with E-state index in [2.05, 4.69) is 10.8 Å². The summed E-state index contributed by atoms with van der Waals surface area (Å²) in [6.07, 6.45) is 26.9. The minimum Gasteiger partial charge on any atom is -0.351 e. The van der Waals surface area contributed by atoms with Gasteiger partial charge in [0.1, 0.15) is 6.10 Å². The first-order valence-corrected chi connectivity index (χ1v) is 12.7. The summed E-state index contributed by atoms with van der Waals surface area (Å²) in [5.74, 6) is 0. The van der Waals surface area contributed by atoms with Gasteiger partial charge in [0.25, 0.3) is 0 Å². The van der Waals surface area contributed by atoms with Gasteiger partial charge in [0.05, 0.1) is 6.10 Å². The molecule has 0 aromatic carbocycles. The van der Waals surface area contributed by atoms with E-state index in [1.165, 1.54) is 122 Å². The molecule has 3 aliphatic rings. The van der Waals surface area contributed by atoms with Crippen LogP contribution in [0.1, 0.15) is 122 Å². The van der Waals surface area contributed by atoms with Gasteiger partial charge >= 0.3 is 0 Å². The van der Waals surface area contributed by atoms with Gasteiger partial charge in [0.2, 0.25) is 0 Å². The van der Waals surface area contributed by atoms with E-state index < -0.39 is 0 Å². The highest BCUT2D eigenvalue weighted by Gasteiger charge is 2.39. The third-order valence-corrected chi connectivity index (χ3v) is 6.94. The van der Waals surface area contributed by atoms with Gasteiger partial charge in [-0.15, -0.1) is 0 Å². The first-order valence-electron chi connectivity index (χ1n) is 12.7. The summed E-state index contributed by atoms with van der Waals surface area (Å²) >= 11 is 0. The molecule has 0 aliphatic carbocycles. The Hall–Kier alpha value is -0.160. The van der Waals surface area contributed by atoms with Crippen molar-refractivity contribution in [2.24, 2.45) is 0 Å². The Morgan fingerprint density at radius 1 is 0.500 bits per heavy atom. The Bertz CT molecular complexity index is 393. The Kier molecular flexibility index (Phi) is 11.2. The average molecular weight is 395 g/mol. The third kappa shape index (κ3) is 9.11. The lowest BCUT2D eigenvalue weighted by molar-refractivity contribution is -0.0730. The van der Waals surface area contributed by atoms with Crippen LogP contribution in [0.2, 0.25) is 0 Å². The molecular formula is C24H46N2O2. The lowest BCUT2D eigenvalue weighted by Gasteiger charge is -2.32. The van der Waals surface area contributed by atoms with Crippen molar-refractivity contribution >= 4 is 0 Å². The minimum atomic E-state index is 0.143. The monoisotopic (exact) mass is 394 g/mol. The van der Waals surface area contributed by atoms with Gasteiger partial charge < -0.3 is 10.1 Å². The van der Waals surface area contributed by atoms with Crippen LogP contribution in [0.15, 0.2) is 0 Å². The average Bonchev–Trinajstić information content (AvgIpc) is 3.47. The van der Waals surface area contributed by atoms with E-state index in [0.717, 1.165) is 6.54 Å². The lowest BCUT2D eigenvalue weighted by atomic mass is 9.95. The molecule has 4 heteroatoms. The van der Waals surface area contributed by atoms with Crippen LogP contribution in [0.3, 0.4) is 0 Å². The van der Waals surface area contributed by atoms with Crippen LogP contribution < -0.4 is 10.8 Å². The summed E-state index contributed by atoms with van der Waals surface area (Å²) in [5.41, 5.74) is 3.24. The van der Waals surface area contributed by atoms with Gasteiger partial charge in [0, 0.05) is 6.04 Å². The predicted molar refractivity (Wildman–Crippen MR) is 116 cm³/mol. The molecule has 3 heterocycles. The quantitative estimate of drug-likeness (QED) is 0.495.